The van der Waals surface area contributed by atoms with Crippen LogP contribution < -0.4 is 4.72 Å². The smallest absolute Gasteiger partial charge is 0.241 e. The van der Waals surface area contributed by atoms with E-state index >= 15 is 0 Å². The molecule has 1 unspecified atom stereocenters. The fraction of sp³-hybridized carbons (Fsp3) is 0.467. The van der Waals surface area contributed by atoms with Crippen molar-refractivity contribution in [2.45, 2.75) is 31.3 Å². The van der Waals surface area contributed by atoms with E-state index in [0.29, 0.717) is 18.6 Å². The molecule has 5 nitrogen and oxygen atoms in total. The molecule has 21 heavy (non-hydrogen) atoms. The van der Waals surface area contributed by atoms with E-state index in [1.54, 1.807) is 25.1 Å². The average Bonchev–Trinajstić information content (AvgIpc) is 2.46. The van der Waals surface area contributed by atoms with Gasteiger partial charge in [-0.25, -0.2) is 13.1 Å². The molecule has 1 rings (SSSR count). The Hall–Kier alpha value is -1.39. The summed E-state index contributed by atoms with van der Waals surface area (Å²) in [4.78, 5) is 0.138. The highest BCUT2D eigenvalue weighted by molar-refractivity contribution is 7.89. The Labute approximate surface area is 126 Å². The van der Waals surface area contributed by atoms with Gasteiger partial charge in [0.2, 0.25) is 10.0 Å². The summed E-state index contributed by atoms with van der Waals surface area (Å²) >= 11 is 0. The van der Waals surface area contributed by atoms with Crippen LogP contribution >= 0.6 is 0 Å². The Morgan fingerprint density at radius 2 is 2.10 bits per heavy atom. The average molecular weight is 311 g/mol. The number of ether oxygens (including phenoxy) is 1. The van der Waals surface area contributed by atoms with E-state index in [1.165, 1.54) is 6.07 Å². The minimum absolute atomic E-state index is 0.0496. The highest BCUT2D eigenvalue weighted by atomic mass is 32.2. The summed E-state index contributed by atoms with van der Waals surface area (Å²) in [5, 5.41) is 8.72. The third kappa shape index (κ3) is 5.86. The maximum Gasteiger partial charge on any atom is 0.241 e. The fourth-order valence-electron chi connectivity index (χ4n) is 1.67. The van der Waals surface area contributed by atoms with Crippen LogP contribution in [-0.2, 0) is 14.8 Å². The standard InChI is InChI=1S/C15H21NO4S/c1-3-20-13(2)12-16-21(18,19)15-10-5-4-8-14(15)9-6-7-11-17/h4-5,8,10,13,16-17H,3,7,11-12H2,1-2H3. The van der Waals surface area contributed by atoms with Crippen LogP contribution in [0.4, 0.5) is 0 Å². The van der Waals surface area contributed by atoms with E-state index in [4.69, 9.17) is 9.84 Å². The van der Waals surface area contributed by atoms with Crippen molar-refractivity contribution in [2.75, 3.05) is 19.8 Å². The maximum atomic E-state index is 12.3. The summed E-state index contributed by atoms with van der Waals surface area (Å²) in [7, 11) is -3.64. The summed E-state index contributed by atoms with van der Waals surface area (Å²) in [6.45, 7) is 4.35. The highest BCUT2D eigenvalue weighted by Crippen LogP contribution is 2.14. The molecule has 0 saturated heterocycles. The van der Waals surface area contributed by atoms with Crippen molar-refractivity contribution in [1.82, 2.24) is 4.72 Å². The Balaban J connectivity index is 2.91. The van der Waals surface area contributed by atoms with Crippen LogP contribution in [0.5, 0.6) is 0 Å². The summed E-state index contributed by atoms with van der Waals surface area (Å²) in [5.41, 5.74) is 0.419. The third-order valence-electron chi connectivity index (χ3n) is 2.65. The van der Waals surface area contributed by atoms with Gasteiger partial charge in [0.25, 0.3) is 0 Å². The molecule has 0 spiro atoms. The van der Waals surface area contributed by atoms with E-state index in [0.717, 1.165) is 0 Å². The van der Waals surface area contributed by atoms with Crippen molar-refractivity contribution in [3.8, 4) is 11.8 Å². The monoisotopic (exact) mass is 311 g/mol. The molecule has 0 aromatic heterocycles. The first-order chi connectivity index (χ1) is 10.0. The lowest BCUT2D eigenvalue weighted by molar-refractivity contribution is 0.0799. The van der Waals surface area contributed by atoms with Gasteiger partial charge in [0.15, 0.2) is 0 Å². The van der Waals surface area contributed by atoms with Crippen molar-refractivity contribution in [3.63, 3.8) is 0 Å². The first kappa shape index (κ1) is 17.7. The van der Waals surface area contributed by atoms with Gasteiger partial charge in [-0.05, 0) is 26.0 Å². The molecular weight excluding hydrogens is 290 g/mol. The van der Waals surface area contributed by atoms with E-state index < -0.39 is 10.0 Å². The number of nitrogens with one attached hydrogen (secondary N) is 1. The van der Waals surface area contributed by atoms with E-state index in [2.05, 4.69) is 16.6 Å². The molecule has 6 heteroatoms. The number of aliphatic hydroxyl groups is 1. The molecule has 0 aliphatic rings. The number of hydrogen-bond acceptors (Lipinski definition) is 4. The zero-order valence-corrected chi connectivity index (χ0v) is 13.1. The molecular formula is C15H21NO4S. The van der Waals surface area contributed by atoms with Crippen LogP contribution in [0.25, 0.3) is 0 Å². The first-order valence-electron chi connectivity index (χ1n) is 6.81. The molecule has 0 saturated carbocycles. The number of benzene rings is 1. The molecule has 2 N–H and O–H groups in total. The zero-order valence-electron chi connectivity index (χ0n) is 12.3. The Morgan fingerprint density at radius 3 is 2.76 bits per heavy atom. The lowest BCUT2D eigenvalue weighted by Crippen LogP contribution is -2.32. The second kappa shape index (κ2) is 8.80. The third-order valence-corrected chi connectivity index (χ3v) is 4.13. The zero-order chi connectivity index (χ0) is 15.7. The van der Waals surface area contributed by atoms with Crippen molar-refractivity contribution >= 4 is 10.0 Å². The number of aliphatic hydroxyl groups excluding tert-OH is 1. The van der Waals surface area contributed by atoms with Gasteiger partial charge >= 0.3 is 0 Å². The van der Waals surface area contributed by atoms with Crippen LogP contribution in [0.2, 0.25) is 0 Å². The van der Waals surface area contributed by atoms with Crippen LogP contribution in [0.1, 0.15) is 25.8 Å². The Morgan fingerprint density at radius 1 is 1.38 bits per heavy atom. The van der Waals surface area contributed by atoms with Crippen molar-refractivity contribution < 1.29 is 18.3 Å². The van der Waals surface area contributed by atoms with Crippen molar-refractivity contribution in [1.29, 1.82) is 0 Å². The van der Waals surface area contributed by atoms with Gasteiger partial charge in [0.05, 0.1) is 17.6 Å². The number of hydrogen-bond donors (Lipinski definition) is 2. The Kier molecular flexibility index (Phi) is 7.40. The molecule has 0 radical (unpaired) electrons. The largest absolute Gasteiger partial charge is 0.395 e. The molecule has 0 heterocycles. The molecule has 0 amide bonds. The van der Waals surface area contributed by atoms with Gasteiger partial charge in [-0.1, -0.05) is 24.0 Å². The van der Waals surface area contributed by atoms with Gasteiger partial charge < -0.3 is 9.84 Å². The predicted molar refractivity (Wildman–Crippen MR) is 81.3 cm³/mol. The van der Waals surface area contributed by atoms with E-state index in [-0.39, 0.29) is 24.2 Å². The molecule has 1 atom stereocenters. The number of sulfonamides is 1. The summed E-state index contributed by atoms with van der Waals surface area (Å²) in [6, 6.07) is 6.53. The molecule has 0 bridgehead atoms. The van der Waals surface area contributed by atoms with Gasteiger partial charge in [-0.2, -0.15) is 0 Å². The quantitative estimate of drug-likeness (QED) is 0.740. The molecule has 116 valence electrons. The summed E-state index contributed by atoms with van der Waals surface area (Å²) < 4.78 is 32.4. The second-order valence-corrected chi connectivity index (χ2v) is 6.12. The topological polar surface area (TPSA) is 75.6 Å². The molecule has 1 aromatic carbocycles. The van der Waals surface area contributed by atoms with Gasteiger partial charge in [0.1, 0.15) is 0 Å². The molecule has 0 aliphatic carbocycles. The van der Waals surface area contributed by atoms with Gasteiger partial charge in [-0.15, -0.1) is 0 Å². The second-order valence-electron chi connectivity index (χ2n) is 4.39. The summed E-state index contributed by atoms with van der Waals surface area (Å²) in [6.07, 6.45) is 0.112. The van der Waals surface area contributed by atoms with Crippen molar-refractivity contribution in [2.24, 2.45) is 0 Å². The highest BCUT2D eigenvalue weighted by Gasteiger charge is 2.18. The molecule has 0 fully saturated rings. The maximum absolute atomic E-state index is 12.3. The number of rotatable bonds is 7. The minimum Gasteiger partial charge on any atom is -0.395 e. The first-order valence-corrected chi connectivity index (χ1v) is 8.29. The minimum atomic E-state index is -3.64. The summed E-state index contributed by atoms with van der Waals surface area (Å²) in [5.74, 6) is 5.50. The van der Waals surface area contributed by atoms with Crippen LogP contribution in [0, 0.1) is 11.8 Å². The van der Waals surface area contributed by atoms with Crippen LogP contribution in [0.3, 0.4) is 0 Å². The van der Waals surface area contributed by atoms with Crippen LogP contribution in [-0.4, -0.2) is 39.4 Å². The van der Waals surface area contributed by atoms with Gasteiger partial charge in [0, 0.05) is 25.1 Å². The fourth-order valence-corrected chi connectivity index (χ4v) is 2.94. The van der Waals surface area contributed by atoms with E-state index in [1.807, 2.05) is 6.92 Å². The van der Waals surface area contributed by atoms with Gasteiger partial charge in [-0.3, -0.25) is 0 Å². The van der Waals surface area contributed by atoms with E-state index in [9.17, 15) is 8.42 Å². The molecule has 0 aliphatic heterocycles. The Bertz CT molecular complexity index is 602. The SMILES string of the molecule is CCOC(C)CNS(=O)(=O)c1ccccc1C#CCCO. The van der Waals surface area contributed by atoms with Crippen molar-refractivity contribution in [3.05, 3.63) is 29.8 Å². The lowest BCUT2D eigenvalue weighted by atomic mass is 10.2. The lowest BCUT2D eigenvalue weighted by Gasteiger charge is -2.13. The molecule has 1 aromatic rings. The predicted octanol–water partition coefficient (Wildman–Crippen LogP) is 1.12. The normalized spacial score (nSPS) is 12.5. The van der Waals surface area contributed by atoms with Crippen LogP contribution in [0.15, 0.2) is 29.2 Å².